The Balaban J connectivity index is 1.57. The standard InChI is InChI=1S/C21H23N5O/c1-26-19-10-13(2-3-14(19)11-24-26)16-4-5-18(20-17(16)12-23-21(20)27)25-15-6-8-22-9-7-15/h2-5,10-11,15,22,25H,6-9,12H2,1H3,(H,23,27). The van der Waals surface area contributed by atoms with E-state index in [0.29, 0.717) is 12.6 Å². The number of amides is 1. The Labute approximate surface area is 157 Å². The van der Waals surface area contributed by atoms with Crippen molar-refractivity contribution in [3.8, 4) is 11.1 Å². The Morgan fingerprint density at radius 3 is 2.89 bits per heavy atom. The second-order valence-corrected chi connectivity index (χ2v) is 7.41. The van der Waals surface area contributed by atoms with Crippen LogP contribution < -0.4 is 16.0 Å². The fourth-order valence-electron chi connectivity index (χ4n) is 4.24. The molecule has 3 N–H and O–H groups in total. The van der Waals surface area contributed by atoms with Crippen molar-refractivity contribution in [1.82, 2.24) is 20.4 Å². The van der Waals surface area contributed by atoms with E-state index in [9.17, 15) is 4.79 Å². The van der Waals surface area contributed by atoms with E-state index in [1.54, 1.807) is 0 Å². The lowest BCUT2D eigenvalue weighted by Crippen LogP contribution is -2.35. The van der Waals surface area contributed by atoms with Crippen molar-refractivity contribution < 1.29 is 4.79 Å². The maximum Gasteiger partial charge on any atom is 0.254 e. The third kappa shape index (κ3) is 2.77. The number of carbonyl (C=O) groups is 1. The van der Waals surface area contributed by atoms with E-state index in [2.05, 4.69) is 51.4 Å². The van der Waals surface area contributed by atoms with Crippen LogP contribution in [0.25, 0.3) is 22.0 Å². The highest BCUT2D eigenvalue weighted by molar-refractivity contribution is 6.06. The highest BCUT2D eigenvalue weighted by Crippen LogP contribution is 2.35. The number of aromatic nitrogens is 2. The minimum absolute atomic E-state index is 0.0184. The molecule has 1 amide bonds. The van der Waals surface area contributed by atoms with Gasteiger partial charge in [-0.15, -0.1) is 0 Å². The molecule has 0 saturated carbocycles. The highest BCUT2D eigenvalue weighted by Gasteiger charge is 2.27. The quantitative estimate of drug-likeness (QED) is 0.671. The fraction of sp³-hybridized carbons (Fsp3) is 0.333. The van der Waals surface area contributed by atoms with E-state index in [-0.39, 0.29) is 5.91 Å². The van der Waals surface area contributed by atoms with Crippen LogP contribution in [-0.2, 0) is 13.6 Å². The Morgan fingerprint density at radius 1 is 1.19 bits per heavy atom. The van der Waals surface area contributed by atoms with Crippen molar-refractivity contribution >= 4 is 22.5 Å². The van der Waals surface area contributed by atoms with E-state index < -0.39 is 0 Å². The zero-order valence-corrected chi connectivity index (χ0v) is 15.4. The molecule has 3 aromatic rings. The molecule has 3 heterocycles. The number of hydrogen-bond donors (Lipinski definition) is 3. The summed E-state index contributed by atoms with van der Waals surface area (Å²) in [6, 6.07) is 11.0. The number of nitrogens with zero attached hydrogens (tertiary/aromatic N) is 2. The lowest BCUT2D eigenvalue weighted by Gasteiger charge is -2.26. The topological polar surface area (TPSA) is 71.0 Å². The highest BCUT2D eigenvalue weighted by atomic mass is 16.1. The molecule has 2 aliphatic heterocycles. The first-order valence-electron chi connectivity index (χ1n) is 9.54. The number of carbonyl (C=O) groups excluding carboxylic acids is 1. The number of piperidine rings is 1. The van der Waals surface area contributed by atoms with Crippen LogP contribution in [0, 0.1) is 0 Å². The SMILES string of the molecule is Cn1ncc2ccc(-c3ccc(NC4CCNCC4)c4c3CNC4=O)cc21. The Kier molecular flexibility index (Phi) is 3.86. The first kappa shape index (κ1) is 16.3. The summed E-state index contributed by atoms with van der Waals surface area (Å²) >= 11 is 0. The van der Waals surface area contributed by atoms with Gasteiger partial charge in [0, 0.05) is 30.7 Å². The number of anilines is 1. The van der Waals surface area contributed by atoms with Crippen molar-refractivity contribution in [3.05, 3.63) is 47.7 Å². The number of nitrogens with one attached hydrogen (secondary N) is 3. The minimum Gasteiger partial charge on any atom is -0.382 e. The number of benzene rings is 2. The maximum atomic E-state index is 12.6. The molecule has 0 radical (unpaired) electrons. The number of aryl methyl sites for hydroxylation is 1. The van der Waals surface area contributed by atoms with Gasteiger partial charge >= 0.3 is 0 Å². The average molecular weight is 361 g/mol. The van der Waals surface area contributed by atoms with Gasteiger partial charge in [0.1, 0.15) is 0 Å². The van der Waals surface area contributed by atoms with E-state index in [1.165, 1.54) is 0 Å². The van der Waals surface area contributed by atoms with Crippen molar-refractivity contribution in [2.45, 2.75) is 25.4 Å². The largest absolute Gasteiger partial charge is 0.382 e. The summed E-state index contributed by atoms with van der Waals surface area (Å²) in [4.78, 5) is 12.6. The molecule has 0 aliphatic carbocycles. The number of hydrogen-bond acceptors (Lipinski definition) is 4. The lowest BCUT2D eigenvalue weighted by atomic mass is 9.94. The maximum absolute atomic E-state index is 12.6. The normalized spacial score (nSPS) is 17.1. The Hall–Kier alpha value is -2.86. The average Bonchev–Trinajstić information content (AvgIpc) is 3.26. The Bertz CT molecular complexity index is 1030. The van der Waals surface area contributed by atoms with Gasteiger partial charge in [0.25, 0.3) is 5.91 Å². The van der Waals surface area contributed by atoms with Crippen molar-refractivity contribution in [1.29, 1.82) is 0 Å². The summed E-state index contributed by atoms with van der Waals surface area (Å²) in [5, 5.41) is 15.5. The van der Waals surface area contributed by atoms with Gasteiger partial charge in [-0.25, -0.2) is 0 Å². The van der Waals surface area contributed by atoms with E-state index in [0.717, 1.165) is 64.8 Å². The lowest BCUT2D eigenvalue weighted by molar-refractivity contribution is 0.0966. The third-order valence-corrected chi connectivity index (χ3v) is 5.72. The molecule has 2 aliphatic rings. The van der Waals surface area contributed by atoms with Gasteiger partial charge in [0.05, 0.1) is 17.3 Å². The molecular weight excluding hydrogens is 338 g/mol. The molecule has 0 bridgehead atoms. The van der Waals surface area contributed by atoms with Crippen LogP contribution >= 0.6 is 0 Å². The number of rotatable bonds is 3. The van der Waals surface area contributed by atoms with Gasteiger partial charge in [0.15, 0.2) is 0 Å². The van der Waals surface area contributed by atoms with Crippen LogP contribution in [0.5, 0.6) is 0 Å². The first-order valence-corrected chi connectivity index (χ1v) is 9.54. The van der Waals surface area contributed by atoms with Crippen LogP contribution in [0.15, 0.2) is 36.5 Å². The minimum atomic E-state index is 0.0184. The molecule has 0 atom stereocenters. The van der Waals surface area contributed by atoms with E-state index in [4.69, 9.17) is 0 Å². The third-order valence-electron chi connectivity index (χ3n) is 5.72. The van der Waals surface area contributed by atoms with Gasteiger partial charge in [-0.05, 0) is 54.8 Å². The first-order chi connectivity index (χ1) is 13.2. The van der Waals surface area contributed by atoms with Gasteiger partial charge in [-0.1, -0.05) is 18.2 Å². The fourth-order valence-corrected chi connectivity index (χ4v) is 4.24. The predicted octanol–water partition coefficient (Wildman–Crippen LogP) is 2.65. The second kappa shape index (κ2) is 6.39. The van der Waals surface area contributed by atoms with Crippen LogP contribution in [0.4, 0.5) is 5.69 Å². The van der Waals surface area contributed by atoms with Gasteiger partial charge in [-0.3, -0.25) is 9.48 Å². The summed E-state index contributed by atoms with van der Waals surface area (Å²) < 4.78 is 1.88. The molecule has 6 heteroatoms. The smallest absolute Gasteiger partial charge is 0.254 e. The molecule has 5 rings (SSSR count). The summed E-state index contributed by atoms with van der Waals surface area (Å²) in [6.07, 6.45) is 4.03. The predicted molar refractivity (Wildman–Crippen MR) is 107 cm³/mol. The van der Waals surface area contributed by atoms with Gasteiger partial charge < -0.3 is 16.0 Å². The second-order valence-electron chi connectivity index (χ2n) is 7.41. The van der Waals surface area contributed by atoms with Crippen LogP contribution in [0.1, 0.15) is 28.8 Å². The zero-order chi connectivity index (χ0) is 18.4. The van der Waals surface area contributed by atoms with Gasteiger partial charge in [-0.2, -0.15) is 5.10 Å². The molecule has 1 saturated heterocycles. The Morgan fingerprint density at radius 2 is 2.04 bits per heavy atom. The van der Waals surface area contributed by atoms with Crippen LogP contribution in [0.3, 0.4) is 0 Å². The molecule has 1 aromatic heterocycles. The molecule has 0 spiro atoms. The molecule has 6 nitrogen and oxygen atoms in total. The summed E-state index contributed by atoms with van der Waals surface area (Å²) in [5.41, 5.74) is 6.17. The van der Waals surface area contributed by atoms with Crippen LogP contribution in [-0.4, -0.2) is 34.8 Å². The molecule has 0 unspecified atom stereocenters. The molecule has 1 fully saturated rings. The van der Waals surface area contributed by atoms with Crippen molar-refractivity contribution in [3.63, 3.8) is 0 Å². The molecule has 138 valence electrons. The monoisotopic (exact) mass is 361 g/mol. The summed E-state index contributed by atoms with van der Waals surface area (Å²) in [6.45, 7) is 2.62. The molecule has 2 aromatic carbocycles. The van der Waals surface area contributed by atoms with E-state index in [1.807, 2.05) is 17.9 Å². The summed E-state index contributed by atoms with van der Waals surface area (Å²) in [7, 11) is 1.95. The van der Waals surface area contributed by atoms with Crippen molar-refractivity contribution in [2.24, 2.45) is 7.05 Å². The van der Waals surface area contributed by atoms with Crippen LogP contribution in [0.2, 0.25) is 0 Å². The van der Waals surface area contributed by atoms with Crippen molar-refractivity contribution in [2.75, 3.05) is 18.4 Å². The number of fused-ring (bicyclic) bond motifs is 2. The van der Waals surface area contributed by atoms with Gasteiger partial charge in [0.2, 0.25) is 0 Å². The molecule has 27 heavy (non-hydrogen) atoms. The molecular formula is C21H23N5O. The summed E-state index contributed by atoms with van der Waals surface area (Å²) in [5.74, 6) is 0.0184. The zero-order valence-electron chi connectivity index (χ0n) is 15.4. The van der Waals surface area contributed by atoms with E-state index >= 15 is 0 Å².